The van der Waals surface area contributed by atoms with E-state index in [0.29, 0.717) is 33.7 Å². The van der Waals surface area contributed by atoms with E-state index in [1.807, 2.05) is 17.0 Å². The van der Waals surface area contributed by atoms with E-state index in [9.17, 15) is 18.8 Å². The lowest BCUT2D eigenvalue weighted by molar-refractivity contribution is -0.118. The molecule has 1 spiro atoms. The Labute approximate surface area is 201 Å². The summed E-state index contributed by atoms with van der Waals surface area (Å²) in [6.07, 6.45) is 3.53. The fourth-order valence-corrected chi connectivity index (χ4v) is 6.29. The van der Waals surface area contributed by atoms with E-state index in [4.69, 9.17) is 4.74 Å². The molecule has 0 bridgehead atoms. The van der Waals surface area contributed by atoms with Crippen molar-refractivity contribution in [2.24, 2.45) is 5.41 Å². The number of nitrogens with zero attached hydrogens (tertiary/aromatic N) is 1. The number of hydrogen-bond donors (Lipinski definition) is 0. The first-order chi connectivity index (χ1) is 16.9. The second-order valence-corrected chi connectivity index (χ2v) is 9.29. The van der Waals surface area contributed by atoms with Crippen LogP contribution in [0.1, 0.15) is 44.7 Å². The van der Waals surface area contributed by atoms with Crippen molar-refractivity contribution in [3.8, 4) is 5.75 Å². The van der Waals surface area contributed by atoms with Crippen LogP contribution in [-0.4, -0.2) is 36.5 Å². The van der Waals surface area contributed by atoms with Gasteiger partial charge in [0.05, 0.1) is 19.2 Å². The summed E-state index contributed by atoms with van der Waals surface area (Å²) < 4.78 is 19.4. The standard InChI is InChI=1S/C29H22FNO4/c1-16(32)26-25(17-7-11-20(35-2)12-8-17)29(27(33)21-5-3-4-6-22(21)28(29)34)24-14-9-18-15-19(30)10-13-23(18)31(24)26/h3-15,24-26H,1-2H3/t24-,25-,26-/m0/s1. The summed E-state index contributed by atoms with van der Waals surface area (Å²) in [5, 5.41) is 0. The number of fused-ring (bicyclic) bond motifs is 5. The molecule has 3 aliphatic rings. The molecule has 1 fully saturated rings. The van der Waals surface area contributed by atoms with Gasteiger partial charge in [-0.2, -0.15) is 0 Å². The Morgan fingerprint density at radius 1 is 0.971 bits per heavy atom. The van der Waals surface area contributed by atoms with Gasteiger partial charge in [-0.25, -0.2) is 4.39 Å². The van der Waals surface area contributed by atoms with Crippen LogP contribution in [-0.2, 0) is 4.79 Å². The minimum atomic E-state index is -1.53. The van der Waals surface area contributed by atoms with Gasteiger partial charge in [-0.3, -0.25) is 14.4 Å². The first-order valence-corrected chi connectivity index (χ1v) is 11.5. The first kappa shape index (κ1) is 21.5. The van der Waals surface area contributed by atoms with E-state index in [0.717, 1.165) is 0 Å². The molecule has 2 heterocycles. The van der Waals surface area contributed by atoms with Gasteiger partial charge in [0.1, 0.15) is 17.0 Å². The third kappa shape index (κ3) is 2.71. The van der Waals surface area contributed by atoms with E-state index < -0.39 is 29.2 Å². The highest BCUT2D eigenvalue weighted by atomic mass is 19.1. The number of ether oxygens (including phenoxy) is 1. The number of rotatable bonds is 3. The zero-order valence-electron chi connectivity index (χ0n) is 19.2. The molecule has 1 aliphatic carbocycles. The van der Waals surface area contributed by atoms with Crippen LogP contribution in [0.3, 0.4) is 0 Å². The van der Waals surface area contributed by atoms with Crippen molar-refractivity contribution in [2.75, 3.05) is 12.0 Å². The van der Waals surface area contributed by atoms with Crippen LogP contribution < -0.4 is 9.64 Å². The molecule has 3 atom stereocenters. The predicted octanol–water partition coefficient (Wildman–Crippen LogP) is 4.86. The van der Waals surface area contributed by atoms with Crippen molar-refractivity contribution in [1.29, 1.82) is 0 Å². The topological polar surface area (TPSA) is 63.7 Å². The van der Waals surface area contributed by atoms with Gasteiger partial charge >= 0.3 is 0 Å². The highest BCUT2D eigenvalue weighted by Gasteiger charge is 2.71. The van der Waals surface area contributed by atoms with Gasteiger partial charge in [-0.05, 0) is 42.8 Å². The molecular formula is C29H22FNO4. The van der Waals surface area contributed by atoms with Crippen LogP contribution in [0.4, 0.5) is 10.1 Å². The lowest BCUT2D eigenvalue weighted by atomic mass is 9.64. The summed E-state index contributed by atoms with van der Waals surface area (Å²) in [4.78, 5) is 43.7. The summed E-state index contributed by atoms with van der Waals surface area (Å²) in [6.45, 7) is 1.48. The summed E-state index contributed by atoms with van der Waals surface area (Å²) in [5.74, 6) is -1.25. The number of carbonyl (C=O) groups is 3. The Hall–Kier alpha value is -4.06. The van der Waals surface area contributed by atoms with Crippen LogP contribution >= 0.6 is 0 Å². The van der Waals surface area contributed by atoms with Gasteiger partial charge in [-0.1, -0.05) is 48.6 Å². The van der Waals surface area contributed by atoms with Gasteiger partial charge in [0.15, 0.2) is 17.3 Å². The highest BCUT2D eigenvalue weighted by molar-refractivity contribution is 6.32. The van der Waals surface area contributed by atoms with Crippen molar-refractivity contribution < 1.29 is 23.5 Å². The number of hydrogen-bond acceptors (Lipinski definition) is 5. The van der Waals surface area contributed by atoms with E-state index >= 15 is 0 Å². The number of methoxy groups -OCH3 is 1. The molecule has 2 aliphatic heterocycles. The molecule has 0 amide bonds. The molecule has 0 saturated carbocycles. The molecule has 3 aromatic carbocycles. The average molecular weight is 467 g/mol. The molecule has 0 unspecified atom stereocenters. The quantitative estimate of drug-likeness (QED) is 0.515. The minimum absolute atomic E-state index is 0.171. The molecule has 5 nitrogen and oxygen atoms in total. The Morgan fingerprint density at radius 3 is 2.23 bits per heavy atom. The normalized spacial score (nSPS) is 23.3. The third-order valence-electron chi connectivity index (χ3n) is 7.66. The van der Waals surface area contributed by atoms with Crippen LogP contribution in [0.25, 0.3) is 6.08 Å². The zero-order valence-corrected chi connectivity index (χ0v) is 19.2. The molecule has 6 heteroatoms. The summed E-state index contributed by atoms with van der Waals surface area (Å²) in [7, 11) is 1.56. The van der Waals surface area contributed by atoms with Crippen molar-refractivity contribution in [1.82, 2.24) is 0 Å². The van der Waals surface area contributed by atoms with Gasteiger partial charge in [0, 0.05) is 28.3 Å². The molecule has 1 saturated heterocycles. The SMILES string of the molecule is COc1ccc([C@H]2[C@H](C(C)=O)N3c4ccc(F)cc4C=C[C@H]3C23C(=O)c2ccccc2C3=O)cc1. The van der Waals surface area contributed by atoms with Crippen LogP contribution in [0.15, 0.2) is 72.8 Å². The van der Waals surface area contributed by atoms with Crippen LogP contribution in [0.5, 0.6) is 5.75 Å². The molecule has 0 N–H and O–H groups in total. The number of ketones is 3. The summed E-state index contributed by atoms with van der Waals surface area (Å²) >= 11 is 0. The Bertz CT molecular complexity index is 1410. The minimum Gasteiger partial charge on any atom is -0.497 e. The van der Waals surface area contributed by atoms with Gasteiger partial charge < -0.3 is 9.64 Å². The fourth-order valence-electron chi connectivity index (χ4n) is 6.29. The highest BCUT2D eigenvalue weighted by Crippen LogP contribution is 2.60. The lowest BCUT2D eigenvalue weighted by Gasteiger charge is -2.37. The van der Waals surface area contributed by atoms with Crippen molar-refractivity contribution >= 4 is 29.1 Å². The third-order valence-corrected chi connectivity index (χ3v) is 7.66. The Morgan fingerprint density at radius 2 is 1.63 bits per heavy atom. The maximum Gasteiger partial charge on any atom is 0.180 e. The van der Waals surface area contributed by atoms with Crippen LogP contribution in [0, 0.1) is 11.2 Å². The van der Waals surface area contributed by atoms with E-state index in [1.165, 1.54) is 19.1 Å². The first-order valence-electron chi connectivity index (χ1n) is 11.5. The number of carbonyl (C=O) groups excluding carboxylic acids is 3. The zero-order chi connectivity index (χ0) is 24.5. The number of halogens is 1. The Balaban J connectivity index is 1.66. The molecule has 174 valence electrons. The predicted molar refractivity (Wildman–Crippen MR) is 129 cm³/mol. The van der Waals surface area contributed by atoms with Crippen molar-refractivity contribution in [3.05, 3.63) is 101 Å². The number of Topliss-reactive ketones (excluding diaryl/α,β-unsaturated/α-hetero) is 3. The van der Waals surface area contributed by atoms with Gasteiger partial charge in [0.25, 0.3) is 0 Å². The maximum absolute atomic E-state index is 14.2. The van der Waals surface area contributed by atoms with E-state index in [-0.39, 0.29) is 17.3 Å². The number of anilines is 1. The second-order valence-electron chi connectivity index (χ2n) is 9.29. The van der Waals surface area contributed by atoms with Crippen molar-refractivity contribution in [3.63, 3.8) is 0 Å². The van der Waals surface area contributed by atoms with E-state index in [2.05, 4.69) is 0 Å². The monoisotopic (exact) mass is 467 g/mol. The Kier molecular flexibility index (Phi) is 4.58. The van der Waals surface area contributed by atoms with Crippen LogP contribution in [0.2, 0.25) is 0 Å². The second kappa shape index (κ2) is 7.47. The lowest BCUT2D eigenvalue weighted by Crippen LogP contribution is -2.48. The maximum atomic E-state index is 14.2. The summed E-state index contributed by atoms with van der Waals surface area (Å²) in [5.41, 5.74) is 1.15. The fraction of sp³-hybridized carbons (Fsp3) is 0.207. The van der Waals surface area contributed by atoms with Gasteiger partial charge in [0.2, 0.25) is 0 Å². The summed E-state index contributed by atoms with van der Waals surface area (Å²) in [6, 6.07) is 16.9. The van der Waals surface area contributed by atoms with Gasteiger partial charge in [-0.15, -0.1) is 0 Å². The number of benzene rings is 3. The van der Waals surface area contributed by atoms with Crippen molar-refractivity contribution in [2.45, 2.75) is 24.9 Å². The smallest absolute Gasteiger partial charge is 0.180 e. The molecule has 35 heavy (non-hydrogen) atoms. The molecule has 3 aromatic rings. The molecule has 0 aromatic heterocycles. The molecular weight excluding hydrogens is 445 g/mol. The molecule has 6 rings (SSSR count). The average Bonchev–Trinajstić information content (AvgIpc) is 3.30. The largest absolute Gasteiger partial charge is 0.497 e. The molecule has 0 radical (unpaired) electrons. The van der Waals surface area contributed by atoms with E-state index in [1.54, 1.807) is 61.7 Å².